The molecule has 5 heterocycles. The lowest BCUT2D eigenvalue weighted by Gasteiger charge is -2.16. The summed E-state index contributed by atoms with van der Waals surface area (Å²) in [6.07, 6.45) is 0. The zero-order valence-corrected chi connectivity index (χ0v) is 32.0. The summed E-state index contributed by atoms with van der Waals surface area (Å²) in [5.41, 5.74) is 10.3. The van der Waals surface area contributed by atoms with Crippen molar-refractivity contribution in [3.05, 3.63) is 176 Å². The first-order valence-electron chi connectivity index (χ1n) is 20.5. The molecule has 0 unspecified atom stereocenters. The first-order valence-corrected chi connectivity index (χ1v) is 20.5. The average Bonchev–Trinajstić information content (AvgIpc) is 3.92. The van der Waals surface area contributed by atoms with E-state index in [2.05, 4.69) is 167 Å². The highest BCUT2D eigenvalue weighted by molar-refractivity contribution is 6.42. The summed E-state index contributed by atoms with van der Waals surface area (Å²) < 4.78 is 5.11. The minimum absolute atomic E-state index is 0.646. The lowest BCUT2D eigenvalue weighted by atomic mass is 9.96. The Morgan fingerprint density at radius 1 is 0.317 bits per heavy atom. The molecule has 0 aliphatic rings. The van der Waals surface area contributed by atoms with Crippen LogP contribution in [0.3, 0.4) is 0 Å². The van der Waals surface area contributed by atoms with Crippen LogP contribution in [-0.4, -0.2) is 23.9 Å². The highest BCUT2D eigenvalue weighted by atomic mass is 15.0. The molecule has 0 atom stereocenters. The molecular weight excluding hydrogens is 731 g/mol. The fourth-order valence-electron chi connectivity index (χ4n) is 10.8. The Balaban J connectivity index is 1.03. The first kappa shape index (κ1) is 30.9. The number of fused-ring (bicyclic) bond motifs is 4. The molecule has 0 aliphatic carbocycles. The molecule has 0 saturated carbocycles. The topological polar surface area (TPSA) is 48.0 Å². The molecule has 0 N–H and O–H groups in total. The zero-order chi connectivity index (χ0) is 38.8. The van der Waals surface area contributed by atoms with Crippen LogP contribution in [0.2, 0.25) is 0 Å². The van der Waals surface area contributed by atoms with E-state index in [4.69, 9.17) is 15.0 Å². The van der Waals surface area contributed by atoms with Gasteiger partial charge in [0.25, 0.3) is 0 Å². The molecule has 5 aromatic heterocycles. The van der Waals surface area contributed by atoms with Gasteiger partial charge in [-0.2, -0.15) is 0 Å². The monoisotopic (exact) mass is 759 g/mol. The normalized spacial score (nSPS) is 12.7. The summed E-state index contributed by atoms with van der Waals surface area (Å²) in [4.78, 5) is 15.5. The van der Waals surface area contributed by atoms with Gasteiger partial charge in [0.2, 0.25) is 0 Å². The second-order valence-electron chi connectivity index (χ2n) is 16.3. The van der Waals surface area contributed by atoms with Crippen molar-refractivity contribution < 1.29 is 0 Å². The van der Waals surface area contributed by atoms with Crippen LogP contribution < -0.4 is 0 Å². The number of nitrogens with zero attached hydrogens (tertiary/aromatic N) is 5. The van der Waals surface area contributed by atoms with E-state index in [1.807, 2.05) is 18.2 Å². The predicted molar refractivity (Wildman–Crippen MR) is 249 cm³/mol. The Hall–Kier alpha value is -8.15. The van der Waals surface area contributed by atoms with E-state index >= 15 is 0 Å². The molecule has 0 aliphatic heterocycles. The summed E-state index contributed by atoms with van der Waals surface area (Å²) in [7, 11) is 0. The fraction of sp³-hybridized carbons (Fsp3) is 0. The van der Waals surface area contributed by atoms with Crippen LogP contribution in [0.1, 0.15) is 0 Å². The van der Waals surface area contributed by atoms with Gasteiger partial charge < -0.3 is 8.97 Å². The molecule has 0 saturated heterocycles. The lowest BCUT2D eigenvalue weighted by molar-refractivity contribution is 1.08. The number of hydrogen-bond donors (Lipinski definition) is 0. The summed E-state index contributed by atoms with van der Waals surface area (Å²) in [6, 6.07) is 63.8. The zero-order valence-electron chi connectivity index (χ0n) is 32.0. The number of rotatable bonds is 4. The van der Waals surface area contributed by atoms with Gasteiger partial charge in [0.05, 0.1) is 33.3 Å². The van der Waals surface area contributed by atoms with Crippen LogP contribution in [0.4, 0.5) is 0 Å². The first-order chi connectivity index (χ1) is 29.8. The predicted octanol–water partition coefficient (Wildman–Crippen LogP) is 14.0. The lowest BCUT2D eigenvalue weighted by Crippen LogP contribution is -2.02. The molecule has 15 aromatic rings. The maximum absolute atomic E-state index is 5.24. The smallest absolute Gasteiger partial charge is 0.164 e. The van der Waals surface area contributed by atoms with Crippen molar-refractivity contribution in [1.29, 1.82) is 0 Å². The maximum atomic E-state index is 5.24. The van der Waals surface area contributed by atoms with Crippen LogP contribution in [-0.2, 0) is 0 Å². The molecule has 0 fully saturated rings. The largest absolute Gasteiger partial charge is 0.309 e. The van der Waals surface area contributed by atoms with E-state index in [0.29, 0.717) is 17.5 Å². The Morgan fingerprint density at radius 2 is 0.900 bits per heavy atom. The molecule has 0 bridgehead atoms. The van der Waals surface area contributed by atoms with Crippen molar-refractivity contribution >= 4 is 103 Å². The summed E-state index contributed by atoms with van der Waals surface area (Å²) >= 11 is 0. The van der Waals surface area contributed by atoms with Crippen LogP contribution in [0.15, 0.2) is 176 Å². The van der Waals surface area contributed by atoms with Gasteiger partial charge in [-0.3, -0.25) is 0 Å². The van der Waals surface area contributed by atoms with Gasteiger partial charge in [0.15, 0.2) is 17.5 Å². The van der Waals surface area contributed by atoms with E-state index < -0.39 is 0 Å². The molecule has 5 heteroatoms. The standard InChI is InChI=1S/C55H29N5/c1-2-10-33(11-3-1)53-56-54(35-20-17-30-9-4-5-12-34(30)29-35)58-55(57-53)42-25-27-43(37-14-7-6-13-36(37)42)59-44-26-22-31-18-19-32-21-23-40-38-15-8-16-39-41-24-28-45(59)49-48(44)46(31)47(32)51(40)60(50(38)39)52(41)49/h1-29H. The molecule has 10 aromatic carbocycles. The molecular formula is C55H29N5. The van der Waals surface area contributed by atoms with Gasteiger partial charge in [0.1, 0.15) is 0 Å². The van der Waals surface area contributed by atoms with Gasteiger partial charge in [-0.15, -0.1) is 0 Å². The molecule has 60 heavy (non-hydrogen) atoms. The molecule has 0 radical (unpaired) electrons. The van der Waals surface area contributed by atoms with Gasteiger partial charge in [-0.05, 0) is 57.3 Å². The highest BCUT2D eigenvalue weighted by Crippen LogP contribution is 2.51. The molecule has 15 rings (SSSR count). The SMILES string of the molecule is c1ccc(-c2nc(-c3ccc4ccccc4c3)nc(-c3ccc(-n4c5ccc6ccc7ccc8c9cccc%10c%11ccc4c4c5c6c7c8n(c9%10)c%114)c4ccccc34)n2)cc1. The minimum Gasteiger partial charge on any atom is -0.309 e. The molecule has 0 spiro atoms. The number of para-hydroxylation sites is 1. The fourth-order valence-corrected chi connectivity index (χ4v) is 10.8. The molecule has 0 amide bonds. The highest BCUT2D eigenvalue weighted by Gasteiger charge is 2.28. The second kappa shape index (κ2) is 10.9. The van der Waals surface area contributed by atoms with Crippen LogP contribution in [0.5, 0.6) is 0 Å². The van der Waals surface area contributed by atoms with Gasteiger partial charge in [-0.25, -0.2) is 15.0 Å². The Labute approximate surface area is 341 Å². The van der Waals surface area contributed by atoms with Gasteiger partial charge in [-0.1, -0.05) is 146 Å². The van der Waals surface area contributed by atoms with Crippen molar-refractivity contribution in [1.82, 2.24) is 23.9 Å². The van der Waals surface area contributed by atoms with Crippen molar-refractivity contribution in [3.8, 4) is 39.9 Å². The van der Waals surface area contributed by atoms with E-state index in [-0.39, 0.29) is 0 Å². The average molecular weight is 760 g/mol. The third-order valence-electron chi connectivity index (χ3n) is 13.4. The molecule has 274 valence electrons. The van der Waals surface area contributed by atoms with Crippen molar-refractivity contribution in [3.63, 3.8) is 0 Å². The van der Waals surface area contributed by atoms with E-state index in [0.717, 1.165) is 38.5 Å². The number of aromatic nitrogens is 5. The quantitative estimate of drug-likeness (QED) is 0.168. The van der Waals surface area contributed by atoms with Crippen molar-refractivity contribution in [2.75, 3.05) is 0 Å². The van der Waals surface area contributed by atoms with E-state index in [9.17, 15) is 0 Å². The van der Waals surface area contributed by atoms with Crippen LogP contribution in [0, 0.1) is 0 Å². The molecule has 5 nitrogen and oxygen atoms in total. The third kappa shape index (κ3) is 3.76. The van der Waals surface area contributed by atoms with E-state index in [1.165, 1.54) is 86.8 Å². The van der Waals surface area contributed by atoms with Crippen LogP contribution >= 0.6 is 0 Å². The third-order valence-corrected chi connectivity index (χ3v) is 13.4. The van der Waals surface area contributed by atoms with Crippen LogP contribution in [0.25, 0.3) is 143 Å². The second-order valence-corrected chi connectivity index (χ2v) is 16.3. The van der Waals surface area contributed by atoms with Crippen molar-refractivity contribution in [2.24, 2.45) is 0 Å². The van der Waals surface area contributed by atoms with Gasteiger partial charge in [0, 0.05) is 65.2 Å². The Kier molecular flexibility index (Phi) is 5.60. The minimum atomic E-state index is 0.646. The summed E-state index contributed by atoms with van der Waals surface area (Å²) in [6.45, 7) is 0. The summed E-state index contributed by atoms with van der Waals surface area (Å²) in [5, 5.41) is 17.7. The Morgan fingerprint density at radius 3 is 1.75 bits per heavy atom. The maximum Gasteiger partial charge on any atom is 0.164 e. The number of hydrogen-bond acceptors (Lipinski definition) is 3. The van der Waals surface area contributed by atoms with E-state index in [1.54, 1.807) is 0 Å². The number of benzene rings is 10. The van der Waals surface area contributed by atoms with Gasteiger partial charge >= 0.3 is 0 Å². The Bertz CT molecular complexity index is 4230. The van der Waals surface area contributed by atoms with Crippen molar-refractivity contribution in [2.45, 2.75) is 0 Å². The summed E-state index contributed by atoms with van der Waals surface area (Å²) in [5.74, 6) is 1.94.